The van der Waals surface area contributed by atoms with Crippen LogP contribution < -0.4 is 0 Å². The number of hydrogen-bond acceptors (Lipinski definition) is 4. The van der Waals surface area contributed by atoms with Gasteiger partial charge in [-0.3, -0.25) is 0 Å². The minimum atomic E-state index is -1.90. The zero-order valence-corrected chi connectivity index (χ0v) is 11.6. The van der Waals surface area contributed by atoms with Gasteiger partial charge in [0.05, 0.1) is 12.0 Å². The number of nitrogens with zero attached hydrogens (tertiary/aromatic N) is 3. The third-order valence-corrected chi connectivity index (χ3v) is 3.59. The maximum Gasteiger partial charge on any atom is 0.137 e. The Labute approximate surface area is 120 Å². The molecule has 1 atom stereocenters. The molecule has 0 amide bonds. The van der Waals surface area contributed by atoms with Crippen molar-refractivity contribution in [2.24, 2.45) is 5.41 Å². The molecule has 2 aromatic rings. The highest BCUT2D eigenvalue weighted by Crippen LogP contribution is 2.40. The van der Waals surface area contributed by atoms with E-state index in [1.54, 1.807) is 0 Å². The maximum absolute atomic E-state index is 14.1. The van der Waals surface area contributed by atoms with Crippen molar-refractivity contribution in [1.29, 1.82) is 0 Å². The predicted molar refractivity (Wildman–Crippen MR) is 70.1 cm³/mol. The first-order valence-electron chi connectivity index (χ1n) is 6.27. The summed E-state index contributed by atoms with van der Waals surface area (Å²) in [6, 6.07) is 2.83. The number of halogens is 2. The molecule has 112 valence electrons. The molecule has 5 nitrogen and oxygen atoms in total. The molecule has 0 saturated carbocycles. The van der Waals surface area contributed by atoms with E-state index < -0.39 is 22.7 Å². The SMILES string of the molecule is CC(C)(C=O)C(O)(Cn1cncn1)c1ccc(F)cc1F. The molecule has 0 bridgehead atoms. The van der Waals surface area contributed by atoms with E-state index in [2.05, 4.69) is 10.1 Å². The summed E-state index contributed by atoms with van der Waals surface area (Å²) in [6.07, 6.45) is 3.13. The van der Waals surface area contributed by atoms with Crippen LogP contribution in [0.25, 0.3) is 0 Å². The number of carbonyl (C=O) groups excluding carboxylic acids is 1. The number of aldehydes is 1. The number of hydrogen-bond donors (Lipinski definition) is 1. The Morgan fingerprint density at radius 1 is 1.38 bits per heavy atom. The second kappa shape index (κ2) is 5.33. The molecule has 1 N–H and O–H groups in total. The monoisotopic (exact) mass is 295 g/mol. The second-order valence-corrected chi connectivity index (χ2v) is 5.42. The van der Waals surface area contributed by atoms with Crippen LogP contribution in [-0.2, 0) is 16.9 Å². The van der Waals surface area contributed by atoms with E-state index in [9.17, 15) is 18.7 Å². The number of aromatic nitrogens is 3. The molecule has 1 heterocycles. The highest BCUT2D eigenvalue weighted by molar-refractivity contribution is 5.61. The molecular formula is C14H15F2N3O2. The van der Waals surface area contributed by atoms with Gasteiger partial charge in [-0.1, -0.05) is 6.07 Å². The smallest absolute Gasteiger partial charge is 0.137 e. The van der Waals surface area contributed by atoms with E-state index in [1.165, 1.54) is 31.2 Å². The van der Waals surface area contributed by atoms with Gasteiger partial charge in [-0.05, 0) is 19.9 Å². The van der Waals surface area contributed by atoms with Gasteiger partial charge in [-0.15, -0.1) is 0 Å². The average Bonchev–Trinajstić information content (AvgIpc) is 2.90. The molecule has 1 aromatic heterocycles. The summed E-state index contributed by atoms with van der Waals surface area (Å²) in [5.41, 5.74) is -3.39. The molecule has 0 aliphatic heterocycles. The molecule has 0 radical (unpaired) electrons. The molecule has 2 rings (SSSR count). The predicted octanol–water partition coefficient (Wildman–Crippen LogP) is 1.67. The van der Waals surface area contributed by atoms with E-state index in [0.717, 1.165) is 12.1 Å². The van der Waals surface area contributed by atoms with E-state index in [-0.39, 0.29) is 12.1 Å². The molecule has 0 aliphatic rings. The quantitative estimate of drug-likeness (QED) is 0.852. The highest BCUT2D eigenvalue weighted by Gasteiger charge is 2.47. The summed E-state index contributed by atoms with van der Waals surface area (Å²) >= 11 is 0. The normalized spacial score (nSPS) is 14.7. The molecule has 0 fully saturated rings. The summed E-state index contributed by atoms with van der Waals surface area (Å²) in [5.74, 6) is -1.68. The zero-order valence-electron chi connectivity index (χ0n) is 11.6. The Balaban J connectivity index is 2.57. The topological polar surface area (TPSA) is 68.0 Å². The fourth-order valence-corrected chi connectivity index (χ4v) is 2.11. The summed E-state index contributed by atoms with van der Waals surface area (Å²) in [7, 11) is 0. The third-order valence-electron chi connectivity index (χ3n) is 3.59. The van der Waals surface area contributed by atoms with Gasteiger partial charge in [0.2, 0.25) is 0 Å². The number of rotatable bonds is 5. The number of benzene rings is 1. The van der Waals surface area contributed by atoms with Crippen LogP contribution in [0.5, 0.6) is 0 Å². The number of carbonyl (C=O) groups is 1. The van der Waals surface area contributed by atoms with Gasteiger partial charge >= 0.3 is 0 Å². The molecule has 0 saturated heterocycles. The Kier molecular flexibility index (Phi) is 3.87. The van der Waals surface area contributed by atoms with Crippen LogP contribution in [0.4, 0.5) is 8.78 Å². The lowest BCUT2D eigenvalue weighted by Crippen LogP contribution is -2.47. The lowest BCUT2D eigenvalue weighted by Gasteiger charge is -2.39. The van der Waals surface area contributed by atoms with Crippen LogP contribution in [0.3, 0.4) is 0 Å². The summed E-state index contributed by atoms with van der Waals surface area (Å²) in [6.45, 7) is 2.75. The fourth-order valence-electron chi connectivity index (χ4n) is 2.11. The summed E-state index contributed by atoms with van der Waals surface area (Å²) < 4.78 is 28.4. The Morgan fingerprint density at radius 2 is 2.10 bits per heavy atom. The maximum atomic E-state index is 14.1. The van der Waals surface area contributed by atoms with Crippen LogP contribution in [0.2, 0.25) is 0 Å². The Bertz CT molecular complexity index is 644. The molecule has 0 aliphatic carbocycles. The third kappa shape index (κ3) is 2.69. The van der Waals surface area contributed by atoms with Crippen LogP contribution in [0.15, 0.2) is 30.9 Å². The van der Waals surface area contributed by atoms with Gasteiger partial charge in [0.15, 0.2) is 0 Å². The largest absolute Gasteiger partial charge is 0.382 e. The standard InChI is InChI=1S/C14H15F2N3O2/c1-13(2,7-20)14(21,6-19-9-17-8-18-19)11-4-3-10(15)5-12(11)16/h3-5,7-9,21H,6H2,1-2H3. The van der Waals surface area contributed by atoms with Crippen molar-refractivity contribution in [2.45, 2.75) is 26.0 Å². The molecule has 1 unspecified atom stereocenters. The molecule has 0 spiro atoms. The first-order valence-corrected chi connectivity index (χ1v) is 6.27. The van der Waals surface area contributed by atoms with E-state index in [0.29, 0.717) is 12.4 Å². The van der Waals surface area contributed by atoms with Gasteiger partial charge in [-0.2, -0.15) is 5.10 Å². The zero-order chi connectivity index (χ0) is 15.7. The van der Waals surface area contributed by atoms with Crippen molar-refractivity contribution in [3.63, 3.8) is 0 Å². The summed E-state index contributed by atoms with van der Waals surface area (Å²) in [4.78, 5) is 15.1. The molecule has 21 heavy (non-hydrogen) atoms. The second-order valence-electron chi connectivity index (χ2n) is 5.42. The van der Waals surface area contributed by atoms with Crippen molar-refractivity contribution < 1.29 is 18.7 Å². The van der Waals surface area contributed by atoms with E-state index in [1.807, 2.05) is 0 Å². The summed E-state index contributed by atoms with van der Waals surface area (Å²) in [5, 5.41) is 14.8. The van der Waals surface area contributed by atoms with Crippen molar-refractivity contribution in [1.82, 2.24) is 14.8 Å². The lowest BCUT2D eigenvalue weighted by molar-refractivity contribution is -0.136. The first kappa shape index (κ1) is 15.2. The average molecular weight is 295 g/mol. The Hall–Kier alpha value is -2.15. The first-order chi connectivity index (χ1) is 9.80. The van der Waals surface area contributed by atoms with Gasteiger partial charge in [0.1, 0.15) is 36.2 Å². The van der Waals surface area contributed by atoms with Gasteiger partial charge in [0, 0.05) is 11.6 Å². The molecular weight excluding hydrogens is 280 g/mol. The van der Waals surface area contributed by atoms with Crippen molar-refractivity contribution in [2.75, 3.05) is 0 Å². The fraction of sp³-hybridized carbons (Fsp3) is 0.357. The Morgan fingerprint density at radius 3 is 2.62 bits per heavy atom. The van der Waals surface area contributed by atoms with Crippen molar-refractivity contribution in [3.8, 4) is 0 Å². The van der Waals surface area contributed by atoms with Crippen molar-refractivity contribution >= 4 is 6.29 Å². The molecule has 1 aromatic carbocycles. The number of aliphatic hydroxyl groups is 1. The minimum Gasteiger partial charge on any atom is -0.382 e. The van der Waals surface area contributed by atoms with Crippen LogP contribution in [0, 0.1) is 17.0 Å². The highest BCUT2D eigenvalue weighted by atomic mass is 19.1. The van der Waals surface area contributed by atoms with Crippen LogP contribution >= 0.6 is 0 Å². The lowest BCUT2D eigenvalue weighted by atomic mass is 9.71. The van der Waals surface area contributed by atoms with E-state index in [4.69, 9.17) is 0 Å². The molecule has 7 heteroatoms. The van der Waals surface area contributed by atoms with Crippen LogP contribution in [-0.4, -0.2) is 26.2 Å². The van der Waals surface area contributed by atoms with E-state index >= 15 is 0 Å². The minimum absolute atomic E-state index is 0.170. The van der Waals surface area contributed by atoms with Gasteiger partial charge in [-0.25, -0.2) is 18.4 Å². The van der Waals surface area contributed by atoms with Gasteiger partial charge in [0.25, 0.3) is 0 Å². The van der Waals surface area contributed by atoms with Gasteiger partial charge < -0.3 is 9.90 Å². The van der Waals surface area contributed by atoms with Crippen LogP contribution in [0.1, 0.15) is 19.4 Å². The van der Waals surface area contributed by atoms with Crippen molar-refractivity contribution in [3.05, 3.63) is 48.1 Å².